The number of hydrogen-bond donors (Lipinski definition) is 1. The number of ketones is 1. The van der Waals surface area contributed by atoms with E-state index in [1.807, 2.05) is 6.07 Å². The number of hydrogen-bond acceptors (Lipinski definition) is 4. The van der Waals surface area contributed by atoms with Gasteiger partial charge in [0.2, 0.25) is 0 Å². The molecule has 1 N–H and O–H groups in total. The maximum Gasteiger partial charge on any atom is 0.410 e. The number of aliphatic carboxylic acids is 1. The summed E-state index contributed by atoms with van der Waals surface area (Å²) in [6, 6.07) is 6.24. The highest BCUT2D eigenvalue weighted by molar-refractivity contribution is 5.81. The van der Waals surface area contributed by atoms with Crippen LogP contribution in [0.25, 0.3) is 0 Å². The first-order chi connectivity index (χ1) is 15.5. The molecule has 32 heavy (non-hydrogen) atoms. The van der Waals surface area contributed by atoms with Crippen LogP contribution in [0, 0.1) is 11.8 Å². The molecule has 174 valence electrons. The van der Waals surface area contributed by atoms with Gasteiger partial charge in [-0.15, -0.1) is 0 Å². The number of carbonyl (C=O) groups excluding carboxylic acids is 2. The quantitative estimate of drug-likeness (QED) is 0.650. The molecule has 3 aliphatic rings. The van der Waals surface area contributed by atoms with E-state index in [9.17, 15) is 14.4 Å². The number of rotatable bonds is 7. The van der Waals surface area contributed by atoms with Gasteiger partial charge in [0.15, 0.2) is 0 Å². The summed E-state index contributed by atoms with van der Waals surface area (Å²) >= 11 is 0. The summed E-state index contributed by atoms with van der Waals surface area (Å²) in [6.07, 6.45) is 9.85. The van der Waals surface area contributed by atoms with Crippen LogP contribution in [0.2, 0.25) is 0 Å². The summed E-state index contributed by atoms with van der Waals surface area (Å²) in [5.74, 6) is 0.380. The van der Waals surface area contributed by atoms with E-state index in [-0.39, 0.29) is 24.5 Å². The highest BCUT2D eigenvalue weighted by atomic mass is 16.6. The molecule has 6 nitrogen and oxygen atoms in total. The second-order valence-electron chi connectivity index (χ2n) is 9.97. The molecule has 0 saturated heterocycles. The third-order valence-corrected chi connectivity index (χ3v) is 7.46. The molecule has 2 aliphatic carbocycles. The van der Waals surface area contributed by atoms with Crippen molar-refractivity contribution in [3.63, 3.8) is 0 Å². The first kappa shape index (κ1) is 22.8. The normalized spacial score (nSPS) is 23.6. The molecule has 0 aromatic heterocycles. The predicted molar refractivity (Wildman–Crippen MR) is 120 cm³/mol. The molecule has 0 spiro atoms. The van der Waals surface area contributed by atoms with Crippen LogP contribution in [0.5, 0.6) is 0 Å². The number of carboxylic acids is 1. The second-order valence-corrected chi connectivity index (χ2v) is 9.97. The molecule has 0 radical (unpaired) electrons. The molecule has 0 atom stereocenters. The molecule has 6 heteroatoms. The topological polar surface area (TPSA) is 83.9 Å². The Morgan fingerprint density at radius 1 is 0.938 bits per heavy atom. The Balaban J connectivity index is 1.25. The molecule has 0 bridgehead atoms. The number of fused-ring (bicyclic) bond motifs is 1. The minimum absolute atomic E-state index is 0.109. The van der Waals surface area contributed by atoms with E-state index < -0.39 is 5.97 Å². The van der Waals surface area contributed by atoms with E-state index in [0.717, 1.165) is 49.7 Å². The van der Waals surface area contributed by atoms with Crippen LogP contribution in [0.1, 0.15) is 80.9 Å². The Morgan fingerprint density at radius 2 is 1.66 bits per heavy atom. The lowest BCUT2D eigenvalue weighted by atomic mass is 9.85. The van der Waals surface area contributed by atoms with Crippen molar-refractivity contribution in [1.29, 1.82) is 0 Å². The van der Waals surface area contributed by atoms with Crippen molar-refractivity contribution in [1.82, 2.24) is 4.90 Å². The lowest BCUT2D eigenvalue weighted by Gasteiger charge is -2.32. The van der Waals surface area contributed by atoms with Crippen LogP contribution in [-0.4, -0.2) is 40.5 Å². The third kappa shape index (κ3) is 6.11. The fourth-order valence-electron chi connectivity index (χ4n) is 5.63. The average molecular weight is 442 g/mol. The van der Waals surface area contributed by atoms with Gasteiger partial charge in [-0.2, -0.15) is 0 Å². The summed E-state index contributed by atoms with van der Waals surface area (Å²) in [5.41, 5.74) is 3.45. The molecule has 2 saturated carbocycles. The third-order valence-electron chi connectivity index (χ3n) is 7.46. The average Bonchev–Trinajstić information content (AvgIpc) is 3.27. The van der Waals surface area contributed by atoms with Crippen molar-refractivity contribution in [2.45, 2.75) is 89.7 Å². The lowest BCUT2D eigenvalue weighted by molar-refractivity contribution is -0.138. The number of carbonyl (C=O) groups is 3. The van der Waals surface area contributed by atoms with Crippen molar-refractivity contribution in [2.24, 2.45) is 11.8 Å². The molecule has 1 aliphatic heterocycles. The number of carboxylic acid groups (broad SMARTS) is 1. The number of benzene rings is 1. The van der Waals surface area contributed by atoms with Crippen molar-refractivity contribution >= 4 is 17.8 Å². The monoisotopic (exact) mass is 441 g/mol. The fraction of sp³-hybridized carbons (Fsp3) is 0.654. The Bertz CT molecular complexity index is 837. The van der Waals surface area contributed by atoms with Crippen molar-refractivity contribution in [2.75, 3.05) is 6.54 Å². The number of ether oxygens (including phenoxy) is 1. The van der Waals surface area contributed by atoms with Gasteiger partial charge in [-0.25, -0.2) is 4.79 Å². The molecule has 1 heterocycles. The Morgan fingerprint density at radius 3 is 2.38 bits per heavy atom. The summed E-state index contributed by atoms with van der Waals surface area (Å²) in [7, 11) is 0. The molecule has 1 amide bonds. The van der Waals surface area contributed by atoms with E-state index in [1.54, 1.807) is 4.90 Å². The SMILES string of the molecule is O=C(O)CC1CCC(OC(=O)N2CCc3cc(CC(=O)CC4CCCC4)ccc3C2)CC1. The van der Waals surface area contributed by atoms with E-state index in [0.29, 0.717) is 31.2 Å². The van der Waals surface area contributed by atoms with Crippen molar-refractivity contribution in [3.8, 4) is 0 Å². The van der Waals surface area contributed by atoms with Gasteiger partial charge in [-0.05, 0) is 60.6 Å². The summed E-state index contributed by atoms with van der Waals surface area (Å²) in [5, 5.41) is 8.94. The van der Waals surface area contributed by atoms with Crippen LogP contribution in [0.3, 0.4) is 0 Å². The van der Waals surface area contributed by atoms with E-state index in [1.165, 1.54) is 31.2 Å². The zero-order chi connectivity index (χ0) is 22.5. The number of nitrogens with zero attached hydrogens (tertiary/aromatic N) is 1. The first-order valence-electron chi connectivity index (χ1n) is 12.3. The van der Waals surface area contributed by atoms with Gasteiger partial charge in [0.1, 0.15) is 11.9 Å². The van der Waals surface area contributed by atoms with Gasteiger partial charge in [-0.3, -0.25) is 9.59 Å². The molecular formula is C26H35NO5. The van der Waals surface area contributed by atoms with E-state index >= 15 is 0 Å². The van der Waals surface area contributed by atoms with Gasteiger partial charge < -0.3 is 14.7 Å². The van der Waals surface area contributed by atoms with Crippen LogP contribution in [0.15, 0.2) is 18.2 Å². The van der Waals surface area contributed by atoms with Gasteiger partial charge >= 0.3 is 12.1 Å². The Hall–Kier alpha value is -2.37. The second kappa shape index (κ2) is 10.5. The maximum atomic E-state index is 12.7. The Labute approximate surface area is 190 Å². The summed E-state index contributed by atoms with van der Waals surface area (Å²) in [6.45, 7) is 1.17. The zero-order valence-electron chi connectivity index (χ0n) is 18.9. The largest absolute Gasteiger partial charge is 0.481 e. The lowest BCUT2D eigenvalue weighted by Crippen LogP contribution is -2.39. The van der Waals surface area contributed by atoms with Crippen LogP contribution in [0.4, 0.5) is 4.79 Å². The van der Waals surface area contributed by atoms with Gasteiger partial charge in [-0.1, -0.05) is 43.9 Å². The molecular weight excluding hydrogens is 406 g/mol. The molecule has 0 unspecified atom stereocenters. The summed E-state index contributed by atoms with van der Waals surface area (Å²) < 4.78 is 5.73. The predicted octanol–water partition coefficient (Wildman–Crippen LogP) is 4.91. The standard InChI is InChI=1S/C26H35NO5/c28-23(14-18-3-1-2-4-18)15-20-5-8-22-17-27(12-11-21(22)13-20)26(31)32-24-9-6-19(7-10-24)16-25(29)30/h5,8,13,18-19,24H,1-4,6-7,9-12,14-17H2,(H,29,30). The van der Waals surface area contributed by atoms with Gasteiger partial charge in [0.05, 0.1) is 0 Å². The van der Waals surface area contributed by atoms with Crippen LogP contribution >= 0.6 is 0 Å². The smallest absolute Gasteiger partial charge is 0.410 e. The minimum atomic E-state index is -0.751. The van der Waals surface area contributed by atoms with E-state index in [2.05, 4.69) is 12.1 Å². The number of Topliss-reactive ketones (excluding diaryl/α,β-unsaturated/α-hetero) is 1. The fourth-order valence-corrected chi connectivity index (χ4v) is 5.63. The summed E-state index contributed by atoms with van der Waals surface area (Å²) in [4.78, 5) is 37.7. The first-order valence-corrected chi connectivity index (χ1v) is 12.3. The van der Waals surface area contributed by atoms with Crippen molar-refractivity contribution < 1.29 is 24.2 Å². The van der Waals surface area contributed by atoms with Gasteiger partial charge in [0, 0.05) is 32.4 Å². The maximum absolute atomic E-state index is 12.7. The highest BCUT2D eigenvalue weighted by Crippen LogP contribution is 2.30. The van der Waals surface area contributed by atoms with Crippen LogP contribution in [-0.2, 0) is 33.7 Å². The Kier molecular flexibility index (Phi) is 7.48. The molecule has 4 rings (SSSR count). The highest BCUT2D eigenvalue weighted by Gasteiger charge is 2.28. The molecule has 2 fully saturated rings. The molecule has 1 aromatic carbocycles. The van der Waals surface area contributed by atoms with Gasteiger partial charge in [0.25, 0.3) is 0 Å². The zero-order valence-corrected chi connectivity index (χ0v) is 18.9. The number of amides is 1. The van der Waals surface area contributed by atoms with Crippen molar-refractivity contribution in [3.05, 3.63) is 34.9 Å². The minimum Gasteiger partial charge on any atom is -0.481 e. The van der Waals surface area contributed by atoms with Crippen LogP contribution < -0.4 is 0 Å². The molecule has 1 aromatic rings. The van der Waals surface area contributed by atoms with E-state index in [4.69, 9.17) is 9.84 Å².